The summed E-state index contributed by atoms with van der Waals surface area (Å²) in [6.07, 6.45) is -3.69. The summed E-state index contributed by atoms with van der Waals surface area (Å²) in [7, 11) is 1.76. The van der Waals surface area contributed by atoms with Gasteiger partial charge in [-0.05, 0) is 28.4 Å². The van der Waals surface area contributed by atoms with E-state index in [0.29, 0.717) is 0 Å². The van der Waals surface area contributed by atoms with Crippen molar-refractivity contribution in [2.45, 2.75) is 19.1 Å². The largest absolute Gasteiger partial charge is 0.435 e. The predicted octanol–water partition coefficient (Wildman–Crippen LogP) is 3.94. The highest BCUT2D eigenvalue weighted by atomic mass is 79.9. The summed E-state index contributed by atoms with van der Waals surface area (Å²) in [6, 6.07) is 9.51. The molecule has 126 valence electrons. The van der Waals surface area contributed by atoms with E-state index in [-0.39, 0.29) is 21.9 Å². The Labute approximate surface area is 144 Å². The van der Waals surface area contributed by atoms with Crippen molar-refractivity contribution in [2.24, 2.45) is 0 Å². The minimum atomic E-state index is -4.59. The number of halogens is 4. The maximum Gasteiger partial charge on any atom is 0.435 e. The van der Waals surface area contributed by atoms with Crippen LogP contribution in [0.5, 0.6) is 0 Å². The van der Waals surface area contributed by atoms with Crippen LogP contribution < -0.4 is 5.01 Å². The Morgan fingerprint density at radius 1 is 1.17 bits per heavy atom. The minimum Gasteiger partial charge on any atom is -0.305 e. The SMILES string of the molecule is CC(c1ccccc1)N(C)n1c(Br)nc2c(C(F)(F)F)ncnc21. The Morgan fingerprint density at radius 2 is 1.83 bits per heavy atom. The zero-order valence-electron chi connectivity index (χ0n) is 12.8. The van der Waals surface area contributed by atoms with Gasteiger partial charge in [-0.15, -0.1) is 0 Å². The Hall–Kier alpha value is -2.16. The molecule has 0 aliphatic carbocycles. The normalized spacial score (nSPS) is 13.2. The number of aromatic nitrogens is 4. The summed E-state index contributed by atoms with van der Waals surface area (Å²) in [5, 5.41) is 1.77. The molecule has 0 spiro atoms. The Morgan fingerprint density at radius 3 is 2.46 bits per heavy atom. The number of hydrogen-bond donors (Lipinski definition) is 0. The Bertz CT molecular complexity index is 863. The van der Waals surface area contributed by atoms with E-state index in [1.807, 2.05) is 37.3 Å². The molecular weight excluding hydrogens is 387 g/mol. The highest BCUT2D eigenvalue weighted by Crippen LogP contribution is 2.33. The third-order valence-electron chi connectivity index (χ3n) is 3.81. The lowest BCUT2D eigenvalue weighted by atomic mass is 10.1. The molecule has 1 aromatic carbocycles. The number of fused-ring (bicyclic) bond motifs is 1. The summed E-state index contributed by atoms with van der Waals surface area (Å²) in [5.74, 6) is 0. The van der Waals surface area contributed by atoms with Crippen LogP contribution in [0.3, 0.4) is 0 Å². The average molecular weight is 400 g/mol. The second-order valence-electron chi connectivity index (χ2n) is 5.25. The molecule has 0 N–H and O–H groups in total. The summed E-state index contributed by atoms with van der Waals surface area (Å²) in [5.41, 5.74) is -0.231. The van der Waals surface area contributed by atoms with E-state index in [2.05, 4.69) is 30.9 Å². The van der Waals surface area contributed by atoms with Crippen molar-refractivity contribution < 1.29 is 13.2 Å². The lowest BCUT2D eigenvalue weighted by molar-refractivity contribution is -0.140. The van der Waals surface area contributed by atoms with Crippen LogP contribution in [0.2, 0.25) is 0 Å². The number of nitrogens with zero attached hydrogens (tertiary/aromatic N) is 5. The Balaban J connectivity index is 2.12. The van der Waals surface area contributed by atoms with Crippen LogP contribution in [0.1, 0.15) is 24.2 Å². The second-order valence-corrected chi connectivity index (χ2v) is 5.95. The van der Waals surface area contributed by atoms with Crippen molar-refractivity contribution in [1.82, 2.24) is 19.6 Å². The lowest BCUT2D eigenvalue weighted by Gasteiger charge is -2.28. The molecule has 0 fully saturated rings. The van der Waals surface area contributed by atoms with Gasteiger partial charge in [0.05, 0.1) is 6.04 Å². The van der Waals surface area contributed by atoms with Gasteiger partial charge in [-0.2, -0.15) is 13.2 Å². The number of benzene rings is 1. The molecule has 3 aromatic rings. The summed E-state index contributed by atoms with van der Waals surface area (Å²) >= 11 is 3.23. The van der Waals surface area contributed by atoms with Crippen molar-refractivity contribution in [3.63, 3.8) is 0 Å². The van der Waals surface area contributed by atoms with Gasteiger partial charge in [-0.1, -0.05) is 30.3 Å². The van der Waals surface area contributed by atoms with Crippen molar-refractivity contribution in [3.05, 3.63) is 52.7 Å². The van der Waals surface area contributed by atoms with E-state index in [1.54, 1.807) is 12.1 Å². The number of alkyl halides is 3. The van der Waals surface area contributed by atoms with Crippen molar-refractivity contribution in [3.8, 4) is 0 Å². The topological polar surface area (TPSA) is 46.8 Å². The second kappa shape index (κ2) is 6.04. The molecule has 3 rings (SSSR count). The molecule has 1 atom stereocenters. The van der Waals surface area contributed by atoms with Gasteiger partial charge >= 0.3 is 6.18 Å². The number of rotatable bonds is 3. The first-order valence-electron chi connectivity index (χ1n) is 7.05. The van der Waals surface area contributed by atoms with E-state index >= 15 is 0 Å². The maximum absolute atomic E-state index is 13.1. The van der Waals surface area contributed by atoms with Gasteiger partial charge in [0.25, 0.3) is 0 Å². The first-order chi connectivity index (χ1) is 11.3. The maximum atomic E-state index is 13.1. The molecule has 0 aliphatic heterocycles. The monoisotopic (exact) mass is 399 g/mol. The molecule has 0 radical (unpaired) electrons. The van der Waals surface area contributed by atoms with Crippen molar-refractivity contribution in [2.75, 3.05) is 12.1 Å². The highest BCUT2D eigenvalue weighted by molar-refractivity contribution is 9.10. The zero-order valence-corrected chi connectivity index (χ0v) is 14.4. The van der Waals surface area contributed by atoms with Gasteiger partial charge in [-0.25, -0.2) is 19.6 Å². The molecule has 5 nitrogen and oxygen atoms in total. The molecule has 1 unspecified atom stereocenters. The first kappa shape index (κ1) is 16.7. The van der Waals surface area contributed by atoms with E-state index in [1.165, 1.54) is 4.68 Å². The molecular formula is C15H13BrF3N5. The molecule has 9 heteroatoms. The Kier molecular flexibility index (Phi) is 4.20. The van der Waals surface area contributed by atoms with E-state index in [4.69, 9.17) is 0 Å². The molecule has 0 bridgehead atoms. The molecule has 0 saturated heterocycles. The van der Waals surface area contributed by atoms with Gasteiger partial charge in [0.2, 0.25) is 0 Å². The van der Waals surface area contributed by atoms with E-state index in [9.17, 15) is 13.2 Å². The molecule has 2 aromatic heterocycles. The van der Waals surface area contributed by atoms with E-state index in [0.717, 1.165) is 11.9 Å². The quantitative estimate of drug-likeness (QED) is 0.625. The fourth-order valence-corrected chi connectivity index (χ4v) is 3.06. The first-order valence-corrected chi connectivity index (χ1v) is 7.84. The fraction of sp³-hybridized carbons (Fsp3) is 0.267. The fourth-order valence-electron chi connectivity index (χ4n) is 2.46. The molecule has 0 amide bonds. The van der Waals surface area contributed by atoms with Crippen LogP contribution in [-0.2, 0) is 6.18 Å². The zero-order chi connectivity index (χ0) is 17.5. The average Bonchev–Trinajstić information content (AvgIpc) is 2.89. The molecule has 0 aliphatic rings. The van der Waals surface area contributed by atoms with Crippen molar-refractivity contribution >= 4 is 27.1 Å². The molecule has 0 saturated carbocycles. The van der Waals surface area contributed by atoms with Crippen LogP contribution in [0.15, 0.2) is 41.4 Å². The third-order valence-corrected chi connectivity index (χ3v) is 4.32. The predicted molar refractivity (Wildman–Crippen MR) is 87.0 cm³/mol. The van der Waals surface area contributed by atoms with Gasteiger partial charge in [-0.3, -0.25) is 0 Å². The minimum absolute atomic E-state index is 0.0921. The molecule has 24 heavy (non-hydrogen) atoms. The van der Waals surface area contributed by atoms with Crippen LogP contribution >= 0.6 is 15.9 Å². The van der Waals surface area contributed by atoms with Crippen LogP contribution in [-0.4, -0.2) is 26.7 Å². The highest BCUT2D eigenvalue weighted by Gasteiger charge is 2.37. The van der Waals surface area contributed by atoms with Crippen molar-refractivity contribution in [1.29, 1.82) is 0 Å². The van der Waals surface area contributed by atoms with Crippen LogP contribution in [0.4, 0.5) is 13.2 Å². The van der Waals surface area contributed by atoms with Gasteiger partial charge in [0.15, 0.2) is 16.1 Å². The van der Waals surface area contributed by atoms with Gasteiger partial charge < -0.3 is 5.01 Å². The van der Waals surface area contributed by atoms with Crippen LogP contribution in [0, 0.1) is 0 Å². The summed E-state index contributed by atoms with van der Waals surface area (Å²) in [4.78, 5) is 11.3. The third kappa shape index (κ3) is 2.83. The molecule has 2 heterocycles. The number of imidazole rings is 1. The summed E-state index contributed by atoms with van der Waals surface area (Å²) in [6.45, 7) is 1.94. The lowest BCUT2D eigenvalue weighted by Crippen LogP contribution is -2.33. The van der Waals surface area contributed by atoms with Crippen LogP contribution in [0.25, 0.3) is 11.2 Å². The van der Waals surface area contributed by atoms with E-state index < -0.39 is 11.9 Å². The standard InChI is InChI=1S/C15H13BrF3N5/c1-9(10-6-4-3-5-7-10)23(2)24-13-11(22-14(24)16)12(15(17,18)19)20-8-21-13/h3-9H,1-2H3. The smallest absolute Gasteiger partial charge is 0.305 e. The van der Waals surface area contributed by atoms with Gasteiger partial charge in [0.1, 0.15) is 11.8 Å². The van der Waals surface area contributed by atoms with Gasteiger partial charge in [0, 0.05) is 7.05 Å². The number of hydrogen-bond acceptors (Lipinski definition) is 4. The summed E-state index contributed by atoms with van der Waals surface area (Å²) < 4.78 is 41.1.